The molecule has 5 heteroatoms. The van der Waals surface area contributed by atoms with Crippen LogP contribution in [0.4, 0.5) is 4.39 Å². The standard InChI is InChI=1S/C22H17FN2OS/c1-27(26)19-8-4-16(5-9-19)21-14-20(15-2-6-18(23)7-3-15)22(25-21)17-10-12-24-13-11-17/h2-14,25H,1H3/p+1. The third kappa shape index (κ3) is 3.59. The Morgan fingerprint density at radius 1 is 0.852 bits per heavy atom. The second-order valence-corrected chi connectivity index (χ2v) is 7.63. The van der Waals surface area contributed by atoms with Crippen molar-refractivity contribution in [2.45, 2.75) is 4.90 Å². The molecule has 4 rings (SSSR count). The van der Waals surface area contributed by atoms with Crippen molar-refractivity contribution in [2.24, 2.45) is 0 Å². The minimum absolute atomic E-state index is 0.256. The van der Waals surface area contributed by atoms with E-state index in [0.717, 1.165) is 38.5 Å². The van der Waals surface area contributed by atoms with Crippen molar-refractivity contribution in [3.8, 4) is 33.6 Å². The zero-order valence-corrected chi connectivity index (χ0v) is 15.5. The van der Waals surface area contributed by atoms with E-state index < -0.39 is 10.8 Å². The molecule has 2 heterocycles. The molecule has 0 aliphatic carbocycles. The van der Waals surface area contributed by atoms with Gasteiger partial charge in [0.25, 0.3) is 0 Å². The Hall–Kier alpha value is -3.05. The molecule has 2 N–H and O–H groups in total. The topological polar surface area (TPSA) is 47.0 Å². The lowest BCUT2D eigenvalue weighted by Gasteiger charge is -2.03. The van der Waals surface area contributed by atoms with Crippen LogP contribution < -0.4 is 4.98 Å². The monoisotopic (exact) mass is 377 g/mol. The number of rotatable bonds is 4. The van der Waals surface area contributed by atoms with Gasteiger partial charge in [-0.15, -0.1) is 0 Å². The van der Waals surface area contributed by atoms with Crippen LogP contribution in [0.2, 0.25) is 0 Å². The first-order valence-corrected chi connectivity index (χ1v) is 10.1. The number of aromatic nitrogens is 2. The van der Waals surface area contributed by atoms with Crippen LogP contribution in [0.15, 0.2) is 84.0 Å². The Labute approximate surface area is 159 Å². The van der Waals surface area contributed by atoms with Gasteiger partial charge in [-0.1, -0.05) is 24.3 Å². The third-order valence-electron chi connectivity index (χ3n) is 4.48. The summed E-state index contributed by atoms with van der Waals surface area (Å²) in [5.74, 6) is -0.256. The summed E-state index contributed by atoms with van der Waals surface area (Å²) in [6.07, 6.45) is 5.41. The van der Waals surface area contributed by atoms with Crippen molar-refractivity contribution in [3.63, 3.8) is 0 Å². The summed E-state index contributed by atoms with van der Waals surface area (Å²) < 4.78 is 25.0. The molecule has 0 fully saturated rings. The van der Waals surface area contributed by atoms with E-state index in [-0.39, 0.29) is 5.82 Å². The highest BCUT2D eigenvalue weighted by atomic mass is 32.2. The summed E-state index contributed by atoms with van der Waals surface area (Å²) in [6.45, 7) is 0. The summed E-state index contributed by atoms with van der Waals surface area (Å²) >= 11 is 0. The largest absolute Gasteiger partial charge is 0.354 e. The molecule has 4 aromatic rings. The van der Waals surface area contributed by atoms with Gasteiger partial charge < -0.3 is 4.98 Å². The Morgan fingerprint density at radius 3 is 2.11 bits per heavy atom. The lowest BCUT2D eigenvalue weighted by atomic mass is 10.0. The minimum atomic E-state index is -1.00. The van der Waals surface area contributed by atoms with E-state index in [9.17, 15) is 8.60 Å². The van der Waals surface area contributed by atoms with Gasteiger partial charge in [0.05, 0.1) is 5.69 Å². The molecule has 0 radical (unpaired) electrons. The maximum atomic E-state index is 13.4. The Bertz CT molecular complexity index is 1090. The molecule has 0 bridgehead atoms. The molecular formula is C22H18FN2OS+. The van der Waals surface area contributed by atoms with E-state index in [4.69, 9.17) is 0 Å². The van der Waals surface area contributed by atoms with Gasteiger partial charge in [0.1, 0.15) is 5.82 Å². The van der Waals surface area contributed by atoms with Gasteiger partial charge in [0.2, 0.25) is 0 Å². The molecule has 1 atom stereocenters. The van der Waals surface area contributed by atoms with E-state index >= 15 is 0 Å². The molecule has 0 aliphatic rings. The van der Waals surface area contributed by atoms with Crippen LogP contribution in [0, 0.1) is 5.82 Å². The highest BCUT2D eigenvalue weighted by molar-refractivity contribution is 7.84. The van der Waals surface area contributed by atoms with E-state index in [0.29, 0.717) is 0 Å². The zero-order valence-electron chi connectivity index (χ0n) is 14.7. The average Bonchev–Trinajstić information content (AvgIpc) is 3.15. The Kier molecular flexibility index (Phi) is 4.69. The lowest BCUT2D eigenvalue weighted by Crippen LogP contribution is -1.97. The number of pyridine rings is 1. The number of hydrogen-bond donors (Lipinski definition) is 1. The fourth-order valence-electron chi connectivity index (χ4n) is 3.07. The van der Waals surface area contributed by atoms with E-state index in [2.05, 4.69) is 16.0 Å². The van der Waals surface area contributed by atoms with E-state index in [1.807, 2.05) is 48.8 Å². The third-order valence-corrected chi connectivity index (χ3v) is 5.41. The average molecular weight is 377 g/mol. The highest BCUT2D eigenvalue weighted by Crippen LogP contribution is 2.35. The van der Waals surface area contributed by atoms with Crippen LogP contribution in [0.25, 0.3) is 33.6 Å². The van der Waals surface area contributed by atoms with Gasteiger partial charge in [0.15, 0.2) is 12.4 Å². The van der Waals surface area contributed by atoms with E-state index in [1.165, 1.54) is 12.1 Å². The molecule has 27 heavy (non-hydrogen) atoms. The van der Waals surface area contributed by atoms with Crippen molar-refractivity contribution >= 4 is 10.8 Å². The smallest absolute Gasteiger partial charge is 0.167 e. The second kappa shape index (κ2) is 7.29. The number of aromatic amines is 2. The molecule has 134 valence electrons. The normalized spacial score (nSPS) is 12.1. The van der Waals surface area contributed by atoms with Crippen molar-refractivity contribution in [1.82, 2.24) is 4.98 Å². The predicted octanol–water partition coefficient (Wildman–Crippen LogP) is 4.71. The first-order valence-electron chi connectivity index (χ1n) is 8.51. The summed E-state index contributed by atoms with van der Waals surface area (Å²) in [5.41, 5.74) is 5.89. The second-order valence-electron chi connectivity index (χ2n) is 6.25. The van der Waals surface area contributed by atoms with Gasteiger partial charge in [-0.3, -0.25) is 4.21 Å². The van der Waals surface area contributed by atoms with Crippen LogP contribution in [0.3, 0.4) is 0 Å². The number of benzene rings is 2. The van der Waals surface area contributed by atoms with Crippen molar-refractivity contribution < 1.29 is 13.6 Å². The van der Waals surface area contributed by atoms with Gasteiger partial charge in [-0.05, 0) is 41.5 Å². The SMILES string of the molecule is CS(=O)c1ccc(-c2cc(-c3ccc(F)cc3)c(-c3cc[nH+]cc3)[nH]2)cc1. The zero-order chi connectivity index (χ0) is 18.8. The maximum absolute atomic E-state index is 13.4. The molecular weight excluding hydrogens is 359 g/mol. The number of H-pyrrole nitrogens is 2. The molecule has 0 spiro atoms. The van der Waals surface area contributed by atoms with Crippen LogP contribution in [-0.2, 0) is 10.8 Å². The molecule has 0 saturated heterocycles. The fourth-order valence-corrected chi connectivity index (χ4v) is 3.59. The molecule has 0 aliphatic heterocycles. The number of hydrogen-bond acceptors (Lipinski definition) is 1. The molecule has 2 aromatic heterocycles. The van der Waals surface area contributed by atoms with Gasteiger partial charge in [-0.25, -0.2) is 9.37 Å². The van der Waals surface area contributed by atoms with Gasteiger partial charge in [0, 0.05) is 50.9 Å². The maximum Gasteiger partial charge on any atom is 0.167 e. The Balaban J connectivity index is 1.84. The predicted molar refractivity (Wildman–Crippen MR) is 106 cm³/mol. The summed E-state index contributed by atoms with van der Waals surface area (Å²) in [6, 6.07) is 20.2. The molecule has 1 unspecified atom stereocenters. The van der Waals surface area contributed by atoms with E-state index in [1.54, 1.807) is 18.4 Å². The first-order chi connectivity index (χ1) is 13.1. The van der Waals surface area contributed by atoms with Crippen molar-refractivity contribution in [3.05, 3.63) is 84.9 Å². The highest BCUT2D eigenvalue weighted by Gasteiger charge is 2.14. The van der Waals surface area contributed by atoms with Gasteiger partial charge >= 0.3 is 0 Å². The van der Waals surface area contributed by atoms with Crippen LogP contribution in [-0.4, -0.2) is 15.4 Å². The summed E-state index contributed by atoms with van der Waals surface area (Å²) in [5, 5.41) is 0. The molecule has 3 nitrogen and oxygen atoms in total. The molecule has 0 saturated carbocycles. The summed E-state index contributed by atoms with van der Waals surface area (Å²) in [4.78, 5) is 7.32. The van der Waals surface area contributed by atoms with Gasteiger partial charge in [-0.2, -0.15) is 0 Å². The molecule has 0 amide bonds. The van der Waals surface area contributed by atoms with Crippen LogP contribution >= 0.6 is 0 Å². The fraction of sp³-hybridized carbons (Fsp3) is 0.0455. The first kappa shape index (κ1) is 17.4. The quantitative estimate of drug-likeness (QED) is 0.550. The van der Waals surface area contributed by atoms with Crippen molar-refractivity contribution in [1.29, 1.82) is 0 Å². The molecule has 2 aromatic carbocycles. The van der Waals surface area contributed by atoms with Crippen LogP contribution in [0.1, 0.15) is 0 Å². The van der Waals surface area contributed by atoms with Crippen LogP contribution in [0.5, 0.6) is 0 Å². The summed E-state index contributed by atoms with van der Waals surface area (Å²) in [7, 11) is -1.00. The number of nitrogens with one attached hydrogen (secondary N) is 2. The van der Waals surface area contributed by atoms with Crippen molar-refractivity contribution in [2.75, 3.05) is 6.26 Å². The minimum Gasteiger partial charge on any atom is -0.354 e. The Morgan fingerprint density at radius 2 is 1.48 bits per heavy atom. The lowest BCUT2D eigenvalue weighted by molar-refractivity contribution is -0.377. The number of halogens is 1.